The van der Waals surface area contributed by atoms with E-state index in [0.29, 0.717) is 54.5 Å². The zero-order chi connectivity index (χ0) is 20.9. The number of nitriles is 1. The summed E-state index contributed by atoms with van der Waals surface area (Å²) in [7, 11) is 0. The van der Waals surface area contributed by atoms with Crippen molar-refractivity contribution in [3.05, 3.63) is 54.1 Å². The second-order valence-corrected chi connectivity index (χ2v) is 7.01. The number of hydrogen-bond acceptors (Lipinski definition) is 7. The van der Waals surface area contributed by atoms with Crippen LogP contribution in [0, 0.1) is 17.2 Å². The lowest BCUT2D eigenvalue weighted by atomic mass is 10.1. The summed E-state index contributed by atoms with van der Waals surface area (Å²) in [6.07, 6.45) is 1.20. The summed E-state index contributed by atoms with van der Waals surface area (Å²) in [6.45, 7) is 1.02. The predicted octanol–water partition coefficient (Wildman–Crippen LogP) is 2.56. The van der Waals surface area contributed by atoms with Crippen LogP contribution < -0.4 is 15.8 Å². The fraction of sp³-hybridized carbons (Fsp3) is 0.227. The Morgan fingerprint density at radius 1 is 1.10 bits per heavy atom. The molecule has 2 heterocycles. The minimum atomic E-state index is 0.0622. The molecule has 4 rings (SSSR count). The molecule has 8 nitrogen and oxygen atoms in total. The molecule has 1 aliphatic heterocycles. The number of nitrogens with one attached hydrogen (secondary N) is 1. The van der Waals surface area contributed by atoms with E-state index in [4.69, 9.17) is 10.5 Å². The summed E-state index contributed by atoms with van der Waals surface area (Å²) in [6, 6.07) is 16.9. The van der Waals surface area contributed by atoms with Crippen molar-refractivity contribution in [2.75, 3.05) is 18.9 Å². The number of nitrogens with zero attached hydrogens (tertiary/aromatic N) is 4. The number of carbonyl (C=O) groups excluding carboxylic acids is 1. The highest BCUT2D eigenvalue weighted by Crippen LogP contribution is 2.32. The normalized spacial score (nSPS) is 15.4. The Labute approximate surface area is 173 Å². The average molecular weight is 400 g/mol. The number of hydrogen-bond donors (Lipinski definition) is 2. The third-order valence-electron chi connectivity index (χ3n) is 4.90. The van der Waals surface area contributed by atoms with Crippen LogP contribution in [-0.4, -0.2) is 34.0 Å². The van der Waals surface area contributed by atoms with E-state index in [-0.39, 0.29) is 17.8 Å². The van der Waals surface area contributed by atoms with Crippen molar-refractivity contribution in [2.45, 2.75) is 12.8 Å². The molecule has 1 unspecified atom stereocenters. The molecule has 0 bridgehead atoms. The molecule has 3 aromatic rings. The molecule has 1 aromatic heterocycles. The Hall–Kier alpha value is -3.99. The van der Waals surface area contributed by atoms with Gasteiger partial charge in [-0.05, 0) is 24.5 Å². The smallest absolute Gasteiger partial charge is 0.224 e. The van der Waals surface area contributed by atoms with Gasteiger partial charge in [0, 0.05) is 18.5 Å². The van der Waals surface area contributed by atoms with Crippen LogP contribution in [-0.2, 0) is 4.79 Å². The molecule has 8 heteroatoms. The van der Waals surface area contributed by atoms with Gasteiger partial charge >= 0.3 is 0 Å². The Morgan fingerprint density at radius 3 is 2.63 bits per heavy atom. The predicted molar refractivity (Wildman–Crippen MR) is 111 cm³/mol. The van der Waals surface area contributed by atoms with E-state index in [1.54, 1.807) is 18.2 Å². The molecule has 2 aromatic carbocycles. The highest BCUT2D eigenvalue weighted by Gasteiger charge is 2.22. The van der Waals surface area contributed by atoms with Gasteiger partial charge < -0.3 is 15.8 Å². The molecular weight excluding hydrogens is 380 g/mol. The number of benzene rings is 2. The van der Waals surface area contributed by atoms with Crippen molar-refractivity contribution in [3.8, 4) is 34.6 Å². The van der Waals surface area contributed by atoms with Crippen molar-refractivity contribution >= 4 is 11.9 Å². The summed E-state index contributed by atoms with van der Waals surface area (Å²) in [5.74, 6) is 1.57. The molecule has 0 radical (unpaired) electrons. The summed E-state index contributed by atoms with van der Waals surface area (Å²) in [5, 5.41) is 12.4. The van der Waals surface area contributed by atoms with Crippen LogP contribution >= 0.6 is 0 Å². The molecule has 0 spiro atoms. The van der Waals surface area contributed by atoms with E-state index in [2.05, 4.69) is 26.3 Å². The number of anilines is 1. The van der Waals surface area contributed by atoms with Gasteiger partial charge in [-0.2, -0.15) is 15.2 Å². The number of rotatable bonds is 6. The third kappa shape index (κ3) is 4.20. The zero-order valence-electron chi connectivity index (χ0n) is 16.2. The summed E-state index contributed by atoms with van der Waals surface area (Å²) in [4.78, 5) is 24.4. The van der Waals surface area contributed by atoms with Crippen LogP contribution in [0.15, 0.2) is 48.5 Å². The molecule has 1 amide bonds. The highest BCUT2D eigenvalue weighted by atomic mass is 16.5. The van der Waals surface area contributed by atoms with Gasteiger partial charge in [0.05, 0.1) is 17.7 Å². The number of amides is 1. The number of aromatic nitrogens is 3. The first kappa shape index (κ1) is 19.3. The van der Waals surface area contributed by atoms with Gasteiger partial charge in [-0.3, -0.25) is 4.79 Å². The van der Waals surface area contributed by atoms with Crippen molar-refractivity contribution in [1.82, 2.24) is 20.3 Å². The van der Waals surface area contributed by atoms with Crippen LogP contribution in [0.2, 0.25) is 0 Å². The van der Waals surface area contributed by atoms with Crippen molar-refractivity contribution in [1.29, 1.82) is 5.26 Å². The largest absolute Gasteiger partial charge is 0.491 e. The Kier molecular flexibility index (Phi) is 5.52. The van der Waals surface area contributed by atoms with Crippen LogP contribution in [0.1, 0.15) is 18.4 Å². The zero-order valence-corrected chi connectivity index (χ0v) is 16.2. The Morgan fingerprint density at radius 2 is 1.90 bits per heavy atom. The lowest BCUT2D eigenvalue weighted by Gasteiger charge is -2.14. The molecule has 30 heavy (non-hydrogen) atoms. The van der Waals surface area contributed by atoms with Gasteiger partial charge in [-0.25, -0.2) is 4.98 Å². The molecule has 150 valence electrons. The second kappa shape index (κ2) is 8.57. The summed E-state index contributed by atoms with van der Waals surface area (Å²) < 4.78 is 5.99. The minimum Gasteiger partial charge on any atom is -0.491 e. The maximum Gasteiger partial charge on any atom is 0.224 e. The number of nitrogens with two attached hydrogens (primary N) is 1. The summed E-state index contributed by atoms with van der Waals surface area (Å²) in [5.41, 5.74) is 7.71. The number of para-hydroxylation sites is 1. The van der Waals surface area contributed by atoms with Gasteiger partial charge in [0.1, 0.15) is 11.8 Å². The molecule has 1 fully saturated rings. The Bertz CT molecular complexity index is 1110. The van der Waals surface area contributed by atoms with Crippen LogP contribution in [0.25, 0.3) is 22.8 Å². The molecular formula is C22H20N6O2. The maximum atomic E-state index is 11.4. The molecule has 0 saturated carbocycles. The van der Waals surface area contributed by atoms with Crippen molar-refractivity contribution in [2.24, 2.45) is 5.92 Å². The van der Waals surface area contributed by atoms with E-state index in [0.717, 1.165) is 5.56 Å². The van der Waals surface area contributed by atoms with Crippen LogP contribution in [0.5, 0.6) is 5.75 Å². The number of nitrogen functional groups attached to an aromatic ring is 1. The lowest BCUT2D eigenvalue weighted by Crippen LogP contribution is -2.14. The van der Waals surface area contributed by atoms with E-state index < -0.39 is 0 Å². The third-order valence-corrected chi connectivity index (χ3v) is 4.90. The van der Waals surface area contributed by atoms with E-state index in [1.807, 2.05) is 30.3 Å². The number of ether oxygens (including phenoxy) is 1. The summed E-state index contributed by atoms with van der Waals surface area (Å²) >= 11 is 0. The molecule has 0 aliphatic carbocycles. The van der Waals surface area contributed by atoms with E-state index in [1.165, 1.54) is 0 Å². The topological polar surface area (TPSA) is 127 Å². The standard InChI is InChI=1S/C22H20N6O2/c23-12-16-7-4-8-17(19(16)30-10-9-14-11-18(29)25-13-14)21-26-20(27-22(24)28-21)15-5-2-1-3-6-15/h1-8,14H,9-11,13H2,(H,25,29)(H2,24,26,27,28). The quantitative estimate of drug-likeness (QED) is 0.651. The lowest BCUT2D eigenvalue weighted by molar-refractivity contribution is -0.119. The van der Waals surface area contributed by atoms with Gasteiger partial charge in [-0.15, -0.1) is 0 Å². The first-order valence-corrected chi connectivity index (χ1v) is 9.64. The SMILES string of the molecule is N#Cc1cccc(-c2nc(N)nc(-c3ccccc3)n2)c1OCCC1CNC(=O)C1. The first-order valence-electron chi connectivity index (χ1n) is 9.64. The van der Waals surface area contributed by atoms with E-state index >= 15 is 0 Å². The van der Waals surface area contributed by atoms with Crippen LogP contribution in [0.4, 0.5) is 5.95 Å². The van der Waals surface area contributed by atoms with Crippen molar-refractivity contribution < 1.29 is 9.53 Å². The average Bonchev–Trinajstić information content (AvgIpc) is 3.19. The molecule has 1 saturated heterocycles. The molecule has 3 N–H and O–H groups in total. The minimum absolute atomic E-state index is 0.0622. The second-order valence-electron chi connectivity index (χ2n) is 7.01. The van der Waals surface area contributed by atoms with E-state index in [9.17, 15) is 10.1 Å². The van der Waals surface area contributed by atoms with Crippen LogP contribution in [0.3, 0.4) is 0 Å². The highest BCUT2D eigenvalue weighted by molar-refractivity contribution is 5.78. The fourth-order valence-electron chi connectivity index (χ4n) is 3.38. The van der Waals surface area contributed by atoms with Gasteiger partial charge in [0.15, 0.2) is 11.6 Å². The van der Waals surface area contributed by atoms with Gasteiger partial charge in [0.2, 0.25) is 11.9 Å². The van der Waals surface area contributed by atoms with Crippen molar-refractivity contribution in [3.63, 3.8) is 0 Å². The van der Waals surface area contributed by atoms with Gasteiger partial charge in [0.25, 0.3) is 0 Å². The number of carbonyl (C=O) groups is 1. The first-order chi connectivity index (χ1) is 14.6. The Balaban J connectivity index is 1.65. The molecule has 1 aliphatic rings. The fourth-order valence-corrected chi connectivity index (χ4v) is 3.38. The molecule has 1 atom stereocenters. The maximum absolute atomic E-state index is 11.4. The monoisotopic (exact) mass is 400 g/mol. The van der Waals surface area contributed by atoms with Gasteiger partial charge in [-0.1, -0.05) is 36.4 Å².